The van der Waals surface area contributed by atoms with E-state index in [4.69, 9.17) is 0 Å². The number of likely N-dealkylation sites (N-methyl/N-ethyl adjacent to an activating group) is 1. The summed E-state index contributed by atoms with van der Waals surface area (Å²) in [5.41, 5.74) is 0. The third kappa shape index (κ3) is 2.05. The lowest BCUT2D eigenvalue weighted by Crippen LogP contribution is -2.40. The Hall–Kier alpha value is 0.0900. The second kappa shape index (κ2) is 3.47. The third-order valence-electron chi connectivity index (χ3n) is 1.96. The molecule has 0 spiro atoms. The molecule has 0 amide bonds. The fourth-order valence-electron chi connectivity index (χ4n) is 1.14. The highest BCUT2D eigenvalue weighted by Gasteiger charge is 2.19. The predicted octanol–water partition coefficient (Wildman–Crippen LogP) is 0.692. The molecule has 0 aromatic carbocycles. The summed E-state index contributed by atoms with van der Waals surface area (Å²) >= 11 is 0. The van der Waals surface area contributed by atoms with Gasteiger partial charge in [0.1, 0.15) is 6.66 Å². The third-order valence-corrected chi connectivity index (χ3v) is 3.33. The van der Waals surface area contributed by atoms with Crippen LogP contribution >= 0.6 is 7.70 Å². The molecule has 1 atom stereocenters. The average Bonchev–Trinajstić information content (AvgIpc) is 1.88. The van der Waals surface area contributed by atoms with Crippen molar-refractivity contribution in [1.82, 2.24) is 9.57 Å². The summed E-state index contributed by atoms with van der Waals surface area (Å²) in [5.74, 6) is 0. The van der Waals surface area contributed by atoms with Crippen LogP contribution in [0.3, 0.4) is 0 Å². The van der Waals surface area contributed by atoms with Gasteiger partial charge in [0.25, 0.3) is 0 Å². The van der Waals surface area contributed by atoms with Crippen molar-refractivity contribution < 1.29 is 0 Å². The maximum atomic E-state index is 4.06. The fraction of sp³-hybridized carbons (Fsp3) is 0.857. The van der Waals surface area contributed by atoms with Crippen LogP contribution in [0.4, 0.5) is 0 Å². The van der Waals surface area contributed by atoms with Gasteiger partial charge in [-0.25, -0.2) is 0 Å². The lowest BCUT2D eigenvalue weighted by molar-refractivity contribution is 0.230. The van der Waals surface area contributed by atoms with Crippen molar-refractivity contribution in [1.29, 1.82) is 0 Å². The van der Waals surface area contributed by atoms with Gasteiger partial charge in [0.15, 0.2) is 7.70 Å². The van der Waals surface area contributed by atoms with E-state index < -0.39 is 0 Å². The fourth-order valence-corrected chi connectivity index (χ4v) is 2.00. The SMILES string of the molecule is C=[P+](C)N1CCN(C)CC1. The van der Waals surface area contributed by atoms with E-state index in [2.05, 4.69) is 29.6 Å². The first kappa shape index (κ1) is 8.19. The normalized spacial score (nSPS) is 24.8. The minimum absolute atomic E-state index is 0.0810. The molecule has 3 heteroatoms. The van der Waals surface area contributed by atoms with Crippen LogP contribution in [-0.2, 0) is 0 Å². The molecule has 10 heavy (non-hydrogen) atoms. The maximum Gasteiger partial charge on any atom is 0.174 e. The Kier molecular flexibility index (Phi) is 2.84. The van der Waals surface area contributed by atoms with Crippen LogP contribution < -0.4 is 0 Å². The molecule has 0 N–H and O–H groups in total. The van der Waals surface area contributed by atoms with E-state index >= 15 is 0 Å². The highest BCUT2D eigenvalue weighted by Crippen LogP contribution is 2.21. The van der Waals surface area contributed by atoms with Crippen molar-refractivity contribution in [3.05, 3.63) is 0 Å². The van der Waals surface area contributed by atoms with Crippen LogP contribution in [0.1, 0.15) is 0 Å². The Labute approximate surface area is 64.3 Å². The Morgan fingerprint density at radius 2 is 1.70 bits per heavy atom. The van der Waals surface area contributed by atoms with Gasteiger partial charge in [-0.1, -0.05) is 0 Å². The molecule has 0 bridgehead atoms. The average molecular weight is 159 g/mol. The molecule has 1 heterocycles. The highest BCUT2D eigenvalue weighted by atomic mass is 31.1. The van der Waals surface area contributed by atoms with Gasteiger partial charge in [-0.15, -0.1) is 4.67 Å². The lowest BCUT2D eigenvalue weighted by atomic mass is 10.4. The van der Waals surface area contributed by atoms with Gasteiger partial charge in [0.2, 0.25) is 0 Å². The molecule has 58 valence electrons. The summed E-state index contributed by atoms with van der Waals surface area (Å²) in [6, 6.07) is 0. The monoisotopic (exact) mass is 159 g/mol. The standard InChI is InChI=1S/C7H16N2P/c1-8-4-6-9(7-5-8)10(2)3/h2,4-7H2,1,3H3/q+1. The molecule has 0 aromatic rings. The first-order valence-electron chi connectivity index (χ1n) is 3.68. The van der Waals surface area contributed by atoms with E-state index in [1.165, 1.54) is 26.2 Å². The lowest BCUT2D eigenvalue weighted by Gasteiger charge is -2.26. The number of rotatable bonds is 1. The summed E-state index contributed by atoms with van der Waals surface area (Å²) in [7, 11) is 2.10. The van der Waals surface area contributed by atoms with Crippen molar-refractivity contribution in [2.24, 2.45) is 0 Å². The molecule has 1 fully saturated rings. The summed E-state index contributed by atoms with van der Waals surface area (Å²) in [6.45, 7) is 7.06. The van der Waals surface area contributed by atoms with Crippen LogP contribution in [0.5, 0.6) is 0 Å². The van der Waals surface area contributed by atoms with Crippen molar-refractivity contribution >= 4 is 14.0 Å². The molecule has 0 saturated carbocycles. The maximum absolute atomic E-state index is 4.06. The van der Waals surface area contributed by atoms with E-state index in [0.717, 1.165) is 0 Å². The molecule has 1 unspecified atom stereocenters. The zero-order valence-corrected chi connectivity index (χ0v) is 7.77. The van der Waals surface area contributed by atoms with Gasteiger partial charge >= 0.3 is 0 Å². The number of hydrogen-bond donors (Lipinski definition) is 0. The van der Waals surface area contributed by atoms with Gasteiger partial charge in [-0.05, 0) is 7.05 Å². The summed E-state index contributed by atoms with van der Waals surface area (Å²) in [4.78, 5) is 2.37. The molecular weight excluding hydrogens is 143 g/mol. The summed E-state index contributed by atoms with van der Waals surface area (Å²) in [5, 5.41) is 0. The van der Waals surface area contributed by atoms with E-state index in [-0.39, 0.29) is 7.70 Å². The van der Waals surface area contributed by atoms with Crippen LogP contribution in [0, 0.1) is 0 Å². The van der Waals surface area contributed by atoms with Gasteiger partial charge < -0.3 is 4.90 Å². The van der Waals surface area contributed by atoms with Crippen molar-refractivity contribution in [2.45, 2.75) is 0 Å². The zero-order valence-electron chi connectivity index (χ0n) is 6.88. The zero-order chi connectivity index (χ0) is 7.56. The first-order valence-corrected chi connectivity index (χ1v) is 5.60. The quantitative estimate of drug-likeness (QED) is 0.519. The highest BCUT2D eigenvalue weighted by molar-refractivity contribution is 7.52. The van der Waals surface area contributed by atoms with Crippen molar-refractivity contribution in [3.8, 4) is 0 Å². The second-order valence-electron chi connectivity index (χ2n) is 2.91. The Balaban J connectivity index is 2.33. The molecule has 1 aliphatic rings. The molecule has 0 aromatic heterocycles. The van der Waals surface area contributed by atoms with E-state index in [9.17, 15) is 0 Å². The van der Waals surface area contributed by atoms with Gasteiger partial charge in [0.05, 0.1) is 19.4 Å². The van der Waals surface area contributed by atoms with Crippen molar-refractivity contribution in [3.63, 3.8) is 0 Å². The minimum Gasteiger partial charge on any atom is -0.304 e. The predicted molar refractivity (Wildman–Crippen MR) is 49.0 cm³/mol. The molecule has 0 radical (unpaired) electrons. The van der Waals surface area contributed by atoms with Crippen LogP contribution in [-0.4, -0.2) is 55.8 Å². The van der Waals surface area contributed by atoms with Gasteiger partial charge in [-0.3, -0.25) is 0 Å². The largest absolute Gasteiger partial charge is 0.304 e. The van der Waals surface area contributed by atoms with E-state index in [1.807, 2.05) is 0 Å². The molecule has 1 saturated heterocycles. The van der Waals surface area contributed by atoms with Crippen molar-refractivity contribution in [2.75, 3.05) is 39.9 Å². The Morgan fingerprint density at radius 1 is 1.20 bits per heavy atom. The van der Waals surface area contributed by atoms with E-state index in [1.54, 1.807) is 0 Å². The molecule has 2 nitrogen and oxygen atoms in total. The number of hydrogen-bond acceptors (Lipinski definition) is 2. The van der Waals surface area contributed by atoms with Crippen LogP contribution in [0.2, 0.25) is 0 Å². The summed E-state index contributed by atoms with van der Waals surface area (Å²) < 4.78 is 2.48. The smallest absolute Gasteiger partial charge is 0.174 e. The Bertz CT molecular complexity index is 128. The van der Waals surface area contributed by atoms with Gasteiger partial charge in [-0.2, -0.15) is 0 Å². The first-order chi connectivity index (χ1) is 4.70. The number of piperazine rings is 1. The summed E-state index contributed by atoms with van der Waals surface area (Å²) in [6.07, 6.45) is 4.06. The minimum atomic E-state index is -0.0810. The molecular formula is C7H16N2P+. The molecule has 1 aliphatic heterocycles. The second-order valence-corrected chi connectivity index (χ2v) is 4.80. The van der Waals surface area contributed by atoms with E-state index in [0.29, 0.717) is 0 Å². The topological polar surface area (TPSA) is 6.48 Å². The van der Waals surface area contributed by atoms with Gasteiger partial charge in [0, 0.05) is 13.1 Å². The van der Waals surface area contributed by atoms with Crippen LogP contribution in [0.15, 0.2) is 0 Å². The number of nitrogens with zero attached hydrogens (tertiary/aromatic N) is 2. The Morgan fingerprint density at radius 3 is 2.10 bits per heavy atom. The van der Waals surface area contributed by atoms with Crippen LogP contribution in [0.25, 0.3) is 0 Å². The molecule has 1 rings (SSSR count). The molecule has 0 aliphatic carbocycles.